The molecule has 5 aromatic rings. The summed E-state index contributed by atoms with van der Waals surface area (Å²) in [6.07, 6.45) is 8.24. The Kier molecular flexibility index (Phi) is 9.35. The Labute approximate surface area is 291 Å². The molecule has 2 aliphatic rings. The molecule has 0 spiro atoms. The van der Waals surface area contributed by atoms with Crippen molar-refractivity contribution in [1.29, 1.82) is 0 Å². The van der Waals surface area contributed by atoms with E-state index in [1.54, 1.807) is 16.4 Å². The van der Waals surface area contributed by atoms with E-state index in [0.29, 0.717) is 55.6 Å². The zero-order valence-electron chi connectivity index (χ0n) is 28.8. The van der Waals surface area contributed by atoms with E-state index in [1.165, 1.54) is 23.0 Å². The van der Waals surface area contributed by atoms with Crippen molar-refractivity contribution < 1.29 is 21.8 Å². The summed E-state index contributed by atoms with van der Waals surface area (Å²) in [5, 5.41) is 16.5. The number of fused-ring (bicyclic) bond motifs is 4. The van der Waals surface area contributed by atoms with Gasteiger partial charge < -0.3 is 9.88 Å². The van der Waals surface area contributed by atoms with Gasteiger partial charge in [-0.2, -0.15) is 0 Å². The van der Waals surface area contributed by atoms with Crippen LogP contribution in [0.1, 0.15) is 45.4 Å². The maximum atomic E-state index is 11.8. The SMILES string of the molecule is CC1(Nc2c([N+](=O)[O-])cnc3ccccc23)CCN(S(C)(=O)=O)CC1.Cc1nc2cnc3ccccc3c2n1C1(C)CCN(S(C)(=O)=O)CC1. The Bertz CT molecular complexity index is 2310. The average molecular weight is 723 g/mol. The Morgan fingerprint density at radius 1 is 0.760 bits per heavy atom. The number of piperidine rings is 2. The van der Waals surface area contributed by atoms with Gasteiger partial charge in [-0.25, -0.2) is 35.4 Å². The lowest BCUT2D eigenvalue weighted by Gasteiger charge is -2.40. The number of hydrogen-bond acceptors (Lipinski definition) is 10. The minimum Gasteiger partial charge on any atom is -0.374 e. The smallest absolute Gasteiger partial charge is 0.311 e. The number of nitrogens with zero attached hydrogens (tertiary/aromatic N) is 7. The Balaban J connectivity index is 0.000000173. The minimum absolute atomic E-state index is 0.0783. The highest BCUT2D eigenvalue weighted by molar-refractivity contribution is 7.88. The van der Waals surface area contributed by atoms with Crippen LogP contribution in [0.25, 0.3) is 32.8 Å². The Morgan fingerprint density at radius 2 is 1.26 bits per heavy atom. The molecule has 14 nitrogen and oxygen atoms in total. The normalized spacial score (nSPS) is 18.5. The van der Waals surface area contributed by atoms with Crippen LogP contribution in [0.3, 0.4) is 0 Å². The minimum atomic E-state index is -3.22. The highest BCUT2D eigenvalue weighted by Gasteiger charge is 2.37. The zero-order chi connectivity index (χ0) is 36.1. The second-order valence-corrected chi connectivity index (χ2v) is 17.8. The molecule has 0 bridgehead atoms. The van der Waals surface area contributed by atoms with Gasteiger partial charge >= 0.3 is 5.69 Å². The van der Waals surface area contributed by atoms with Gasteiger partial charge in [0.25, 0.3) is 0 Å². The van der Waals surface area contributed by atoms with Gasteiger partial charge in [0.15, 0.2) is 0 Å². The molecule has 0 unspecified atom stereocenters. The van der Waals surface area contributed by atoms with Crippen LogP contribution in [0, 0.1) is 17.0 Å². The fourth-order valence-corrected chi connectivity index (χ4v) is 8.83. The van der Waals surface area contributed by atoms with Crippen molar-refractivity contribution in [2.45, 2.75) is 57.5 Å². The molecule has 266 valence electrons. The third kappa shape index (κ3) is 7.02. The first kappa shape index (κ1) is 35.6. The van der Waals surface area contributed by atoms with Gasteiger partial charge in [0.2, 0.25) is 20.0 Å². The number of hydrogen-bond donors (Lipinski definition) is 1. The number of aryl methyl sites for hydroxylation is 1. The van der Waals surface area contributed by atoms with Crippen LogP contribution in [0.4, 0.5) is 11.4 Å². The lowest BCUT2D eigenvalue weighted by atomic mass is 9.89. The standard InChI is InChI=1S/C18H22N4O2S.C16H20N4O4S/c1-13-20-16-12-19-15-7-5-4-6-14(15)17(16)22(13)18(2)8-10-21(11-9-18)25(3,23)24;1-16(7-9-19(10-8-16)25(2,23)24)18-15-12-5-3-4-6-13(12)17-11-14(15)20(21)22/h4-7,12H,8-11H2,1-3H3;3-6,11H,7-10H2,1-2H3,(H,17,18). The molecule has 0 atom stereocenters. The van der Waals surface area contributed by atoms with Crippen LogP contribution in [0.2, 0.25) is 0 Å². The van der Waals surface area contributed by atoms with Gasteiger partial charge in [-0.15, -0.1) is 0 Å². The van der Waals surface area contributed by atoms with Gasteiger partial charge in [0.05, 0.1) is 40.2 Å². The summed E-state index contributed by atoms with van der Waals surface area (Å²) in [4.78, 5) is 24.4. The second kappa shape index (κ2) is 13.1. The molecular weight excluding hydrogens is 681 g/mol. The van der Waals surface area contributed by atoms with Gasteiger partial charge in [-0.05, 0) is 58.6 Å². The van der Waals surface area contributed by atoms with Crippen LogP contribution >= 0.6 is 0 Å². The van der Waals surface area contributed by atoms with E-state index in [2.05, 4.69) is 32.8 Å². The number of pyridine rings is 2. The summed E-state index contributed by atoms with van der Waals surface area (Å²) in [5.74, 6) is 0.948. The number of aromatic nitrogens is 4. The van der Waals surface area contributed by atoms with E-state index in [-0.39, 0.29) is 11.2 Å². The second-order valence-electron chi connectivity index (χ2n) is 13.8. The van der Waals surface area contributed by atoms with E-state index in [4.69, 9.17) is 4.98 Å². The number of imidazole rings is 1. The summed E-state index contributed by atoms with van der Waals surface area (Å²) in [6.45, 7) is 8.04. The lowest BCUT2D eigenvalue weighted by molar-refractivity contribution is -0.384. The maximum absolute atomic E-state index is 11.8. The number of nitrogens with one attached hydrogen (secondary N) is 1. The van der Waals surface area contributed by atoms with Crippen molar-refractivity contribution in [3.05, 3.63) is 76.9 Å². The molecule has 50 heavy (non-hydrogen) atoms. The highest BCUT2D eigenvalue weighted by atomic mass is 32.2. The van der Waals surface area contributed by atoms with E-state index in [0.717, 1.165) is 40.6 Å². The predicted octanol–water partition coefficient (Wildman–Crippen LogP) is 5.03. The van der Waals surface area contributed by atoms with Crippen LogP contribution in [0.5, 0.6) is 0 Å². The molecule has 0 amide bonds. The quantitative estimate of drug-likeness (QED) is 0.185. The van der Waals surface area contributed by atoms with E-state index < -0.39 is 30.5 Å². The molecule has 7 rings (SSSR count). The fraction of sp³-hybridized carbons (Fsp3) is 0.441. The van der Waals surface area contributed by atoms with Crippen molar-refractivity contribution in [3.8, 4) is 0 Å². The summed E-state index contributed by atoms with van der Waals surface area (Å²) >= 11 is 0. The summed E-state index contributed by atoms with van der Waals surface area (Å²) in [6, 6.07) is 15.3. The fourth-order valence-electron chi connectivity index (χ4n) is 7.14. The van der Waals surface area contributed by atoms with Crippen molar-refractivity contribution in [2.75, 3.05) is 44.0 Å². The average Bonchev–Trinajstić information content (AvgIpc) is 3.41. The monoisotopic (exact) mass is 722 g/mol. The van der Waals surface area contributed by atoms with Gasteiger partial charge in [0.1, 0.15) is 23.2 Å². The van der Waals surface area contributed by atoms with Gasteiger partial charge in [-0.3, -0.25) is 15.1 Å². The molecule has 3 aromatic heterocycles. The number of anilines is 1. The van der Waals surface area contributed by atoms with Crippen LogP contribution in [0.15, 0.2) is 60.9 Å². The molecule has 0 aliphatic carbocycles. The largest absolute Gasteiger partial charge is 0.374 e. The molecule has 2 saturated heterocycles. The molecule has 5 heterocycles. The molecule has 2 fully saturated rings. The maximum Gasteiger partial charge on any atom is 0.311 e. The van der Waals surface area contributed by atoms with Crippen molar-refractivity contribution in [3.63, 3.8) is 0 Å². The summed E-state index contributed by atoms with van der Waals surface area (Å²) < 4.78 is 52.3. The predicted molar refractivity (Wildman–Crippen MR) is 195 cm³/mol. The molecule has 2 aliphatic heterocycles. The number of rotatable bonds is 6. The first-order valence-electron chi connectivity index (χ1n) is 16.4. The van der Waals surface area contributed by atoms with Crippen LogP contribution in [-0.2, 0) is 25.6 Å². The molecule has 1 N–H and O–H groups in total. The van der Waals surface area contributed by atoms with Crippen molar-refractivity contribution >= 4 is 64.3 Å². The molecule has 2 aromatic carbocycles. The summed E-state index contributed by atoms with van der Waals surface area (Å²) in [7, 11) is -6.35. The third-order valence-corrected chi connectivity index (χ3v) is 12.6. The van der Waals surface area contributed by atoms with Gasteiger partial charge in [0, 0.05) is 48.0 Å². The van der Waals surface area contributed by atoms with Gasteiger partial charge in [-0.1, -0.05) is 36.4 Å². The third-order valence-electron chi connectivity index (χ3n) is 10.0. The first-order chi connectivity index (χ1) is 23.5. The molecule has 0 saturated carbocycles. The van der Waals surface area contributed by atoms with E-state index in [9.17, 15) is 26.9 Å². The molecule has 16 heteroatoms. The first-order valence-corrected chi connectivity index (χ1v) is 20.1. The Hall–Kier alpha value is -4.25. The Morgan fingerprint density at radius 3 is 1.82 bits per heavy atom. The lowest BCUT2D eigenvalue weighted by Crippen LogP contribution is -2.48. The molecular formula is C34H42N8O6S2. The van der Waals surface area contributed by atoms with E-state index >= 15 is 0 Å². The van der Waals surface area contributed by atoms with Crippen molar-refractivity contribution in [1.82, 2.24) is 28.1 Å². The van der Waals surface area contributed by atoms with E-state index in [1.807, 2.05) is 50.4 Å². The topological polar surface area (TPSA) is 174 Å². The summed E-state index contributed by atoms with van der Waals surface area (Å²) in [5.41, 5.74) is 3.37. The highest BCUT2D eigenvalue weighted by Crippen LogP contribution is 2.38. The van der Waals surface area contributed by atoms with Crippen LogP contribution in [-0.4, -0.2) is 94.1 Å². The molecule has 0 radical (unpaired) electrons. The number of sulfonamides is 2. The van der Waals surface area contributed by atoms with Crippen LogP contribution < -0.4 is 5.32 Å². The number of benzene rings is 2. The van der Waals surface area contributed by atoms with Crippen molar-refractivity contribution in [2.24, 2.45) is 0 Å². The zero-order valence-corrected chi connectivity index (χ0v) is 30.5. The number of nitro groups is 1. The number of para-hydroxylation sites is 2.